The number of rotatable bonds is 7. The molecular formula is C32H24FN7O. The first-order valence-corrected chi connectivity index (χ1v) is 13.1. The summed E-state index contributed by atoms with van der Waals surface area (Å²) < 4.78 is 13.5. The number of hydrogen-bond donors (Lipinski definition) is 4. The Hall–Kier alpha value is -5.41. The molecule has 7 aromatic rings. The molecule has 7 rings (SSSR count). The molecule has 0 saturated carbocycles. The lowest BCUT2D eigenvalue weighted by Crippen LogP contribution is -2.21. The number of aliphatic hydroxyl groups excluding tert-OH is 1. The summed E-state index contributed by atoms with van der Waals surface area (Å²) in [4.78, 5) is 17.2. The van der Waals surface area contributed by atoms with Crippen LogP contribution in [0.2, 0.25) is 0 Å². The highest BCUT2D eigenvalue weighted by atomic mass is 19.1. The van der Waals surface area contributed by atoms with Crippen LogP contribution in [-0.2, 0) is 6.42 Å². The number of nitrogens with zero attached hydrogens (tertiary/aromatic N) is 4. The van der Waals surface area contributed by atoms with E-state index in [0.717, 1.165) is 44.2 Å². The van der Waals surface area contributed by atoms with Crippen LogP contribution in [0.4, 0.5) is 10.1 Å². The van der Waals surface area contributed by atoms with Gasteiger partial charge in [0.25, 0.3) is 0 Å². The summed E-state index contributed by atoms with van der Waals surface area (Å²) in [6.45, 7) is 0. The van der Waals surface area contributed by atoms with Crippen molar-refractivity contribution in [3.05, 3.63) is 115 Å². The average Bonchev–Trinajstić information content (AvgIpc) is 3.62. The van der Waals surface area contributed by atoms with Crippen molar-refractivity contribution in [3.8, 4) is 33.9 Å². The van der Waals surface area contributed by atoms with Gasteiger partial charge in [-0.25, -0.2) is 9.37 Å². The molecule has 0 saturated heterocycles. The van der Waals surface area contributed by atoms with E-state index < -0.39 is 6.23 Å². The molecule has 41 heavy (non-hydrogen) atoms. The number of benzene rings is 3. The van der Waals surface area contributed by atoms with Crippen LogP contribution in [0.3, 0.4) is 0 Å². The second kappa shape index (κ2) is 10.3. The van der Waals surface area contributed by atoms with Gasteiger partial charge in [0, 0.05) is 29.1 Å². The Balaban J connectivity index is 1.20. The number of aromatic amines is 2. The predicted octanol–water partition coefficient (Wildman–Crippen LogP) is 6.34. The van der Waals surface area contributed by atoms with Crippen LogP contribution >= 0.6 is 0 Å². The minimum Gasteiger partial charge on any atom is -0.373 e. The van der Waals surface area contributed by atoms with Gasteiger partial charge in [-0.3, -0.25) is 15.1 Å². The van der Waals surface area contributed by atoms with Gasteiger partial charge in [-0.05, 0) is 41.5 Å². The van der Waals surface area contributed by atoms with Gasteiger partial charge in [0.1, 0.15) is 17.7 Å². The molecule has 1 atom stereocenters. The third-order valence-electron chi connectivity index (χ3n) is 6.98. The summed E-state index contributed by atoms with van der Waals surface area (Å²) in [7, 11) is 0. The van der Waals surface area contributed by atoms with Crippen molar-refractivity contribution < 1.29 is 9.50 Å². The zero-order valence-electron chi connectivity index (χ0n) is 21.7. The van der Waals surface area contributed by atoms with Crippen molar-refractivity contribution in [2.75, 3.05) is 5.32 Å². The van der Waals surface area contributed by atoms with Gasteiger partial charge in [-0.15, -0.1) is 0 Å². The molecule has 8 nitrogen and oxygen atoms in total. The molecule has 0 aliphatic heterocycles. The summed E-state index contributed by atoms with van der Waals surface area (Å²) >= 11 is 0. The molecule has 200 valence electrons. The van der Waals surface area contributed by atoms with E-state index in [1.165, 1.54) is 12.1 Å². The summed E-state index contributed by atoms with van der Waals surface area (Å²) in [5.41, 5.74) is 8.05. The molecule has 4 heterocycles. The number of nitrogens with one attached hydrogen (secondary N) is 3. The van der Waals surface area contributed by atoms with Crippen molar-refractivity contribution in [1.29, 1.82) is 0 Å². The van der Waals surface area contributed by atoms with Gasteiger partial charge >= 0.3 is 0 Å². The van der Waals surface area contributed by atoms with E-state index in [0.29, 0.717) is 29.3 Å². The third-order valence-corrected chi connectivity index (χ3v) is 6.98. The number of halogens is 1. The Labute approximate surface area is 234 Å². The first-order chi connectivity index (χ1) is 20.1. The number of anilines is 1. The molecule has 0 aliphatic carbocycles. The highest BCUT2D eigenvalue weighted by molar-refractivity contribution is 5.97. The van der Waals surface area contributed by atoms with Crippen LogP contribution in [0, 0.1) is 5.82 Å². The molecule has 1 unspecified atom stereocenters. The molecule has 4 N–H and O–H groups in total. The maximum absolute atomic E-state index is 13.5. The fourth-order valence-corrected chi connectivity index (χ4v) is 5.00. The smallest absolute Gasteiger partial charge is 0.159 e. The first-order valence-electron chi connectivity index (χ1n) is 13.1. The van der Waals surface area contributed by atoms with E-state index in [9.17, 15) is 9.50 Å². The van der Waals surface area contributed by atoms with Crippen LogP contribution in [0.1, 0.15) is 5.56 Å². The number of imidazole rings is 1. The van der Waals surface area contributed by atoms with Crippen LogP contribution in [0.5, 0.6) is 0 Å². The Morgan fingerprint density at radius 1 is 0.854 bits per heavy atom. The Bertz CT molecular complexity index is 1980. The largest absolute Gasteiger partial charge is 0.373 e. The molecule has 9 heteroatoms. The minimum atomic E-state index is -0.766. The van der Waals surface area contributed by atoms with Crippen molar-refractivity contribution in [3.63, 3.8) is 0 Å². The summed E-state index contributed by atoms with van der Waals surface area (Å²) in [6.07, 6.45) is 4.84. The number of hydrogen-bond acceptors (Lipinski definition) is 6. The van der Waals surface area contributed by atoms with Gasteiger partial charge in [0.2, 0.25) is 0 Å². The van der Waals surface area contributed by atoms with E-state index in [1.807, 2.05) is 60.7 Å². The van der Waals surface area contributed by atoms with E-state index in [2.05, 4.69) is 30.5 Å². The van der Waals surface area contributed by atoms with E-state index in [1.54, 1.807) is 30.7 Å². The van der Waals surface area contributed by atoms with Crippen molar-refractivity contribution in [1.82, 2.24) is 30.1 Å². The number of pyridine rings is 2. The van der Waals surface area contributed by atoms with Gasteiger partial charge in [-0.1, -0.05) is 54.6 Å². The van der Waals surface area contributed by atoms with Gasteiger partial charge < -0.3 is 15.4 Å². The zero-order chi connectivity index (χ0) is 27.8. The van der Waals surface area contributed by atoms with Crippen LogP contribution < -0.4 is 5.32 Å². The van der Waals surface area contributed by atoms with Crippen LogP contribution in [0.15, 0.2) is 104 Å². The highest BCUT2D eigenvalue weighted by Gasteiger charge is 2.17. The Morgan fingerprint density at radius 2 is 1.71 bits per heavy atom. The second-order valence-corrected chi connectivity index (χ2v) is 9.79. The molecule has 4 aromatic heterocycles. The summed E-state index contributed by atoms with van der Waals surface area (Å²) in [5.74, 6) is 0.325. The highest BCUT2D eigenvalue weighted by Crippen LogP contribution is 2.33. The summed E-state index contributed by atoms with van der Waals surface area (Å²) in [6, 6.07) is 25.9. The lowest BCUT2D eigenvalue weighted by atomic mass is 10.0. The topological polar surface area (TPSA) is 115 Å². The monoisotopic (exact) mass is 541 g/mol. The molecule has 0 spiro atoms. The maximum atomic E-state index is 13.5. The normalized spacial score (nSPS) is 12.1. The lowest BCUT2D eigenvalue weighted by molar-refractivity contribution is 0.204. The van der Waals surface area contributed by atoms with Crippen LogP contribution in [-0.4, -0.2) is 41.5 Å². The number of aliphatic hydroxyl groups is 1. The fourth-order valence-electron chi connectivity index (χ4n) is 5.00. The third kappa shape index (κ3) is 4.90. The second-order valence-electron chi connectivity index (χ2n) is 9.79. The number of H-pyrrole nitrogens is 2. The number of para-hydroxylation sites is 1. The molecule has 0 bridgehead atoms. The maximum Gasteiger partial charge on any atom is 0.159 e. The first kappa shape index (κ1) is 24.6. The predicted molar refractivity (Wildman–Crippen MR) is 157 cm³/mol. The summed E-state index contributed by atoms with van der Waals surface area (Å²) in [5, 5.41) is 22.1. The fraction of sp³-hybridized carbons (Fsp3) is 0.0625. The molecular weight excluding hydrogens is 517 g/mol. The average molecular weight is 542 g/mol. The Morgan fingerprint density at radius 3 is 2.56 bits per heavy atom. The van der Waals surface area contributed by atoms with Crippen molar-refractivity contribution in [2.24, 2.45) is 0 Å². The van der Waals surface area contributed by atoms with E-state index in [-0.39, 0.29) is 5.82 Å². The Kier molecular flexibility index (Phi) is 6.18. The number of fused-ring (bicyclic) bond motifs is 2. The van der Waals surface area contributed by atoms with Gasteiger partial charge in [0.05, 0.1) is 40.3 Å². The van der Waals surface area contributed by atoms with E-state index >= 15 is 0 Å². The molecule has 0 radical (unpaired) electrons. The molecule has 0 aliphatic rings. The minimum absolute atomic E-state index is 0.282. The van der Waals surface area contributed by atoms with E-state index in [4.69, 9.17) is 4.98 Å². The van der Waals surface area contributed by atoms with Crippen molar-refractivity contribution >= 4 is 27.6 Å². The zero-order valence-corrected chi connectivity index (χ0v) is 21.7. The quantitative estimate of drug-likeness (QED) is 0.175. The molecule has 0 fully saturated rings. The SMILES string of the molecule is OC(Cc1ccccc1)Nc1cncc(-c2cc3c(-c4nc5c(-c6ccc(F)cc6)cccc5[nH]4)n[nH]c3cn2)c1. The van der Waals surface area contributed by atoms with Crippen LogP contribution in [0.25, 0.3) is 55.8 Å². The van der Waals surface area contributed by atoms with Gasteiger partial charge in [-0.2, -0.15) is 5.10 Å². The molecule has 0 amide bonds. The molecule has 3 aromatic carbocycles. The standard InChI is InChI=1S/C32H24FN7O/c33-22-11-9-20(10-12-22)24-7-4-8-26-30(24)38-32(37-26)31-25-15-27(35-18-28(25)39-40-31)21-14-23(17-34-16-21)36-29(41)13-19-5-2-1-3-6-19/h1-12,14-18,29,36,41H,13H2,(H,37,38)(H,39,40). The number of aromatic nitrogens is 6. The van der Waals surface area contributed by atoms with Crippen molar-refractivity contribution in [2.45, 2.75) is 12.6 Å². The lowest BCUT2D eigenvalue weighted by Gasteiger charge is -2.14. The van der Waals surface area contributed by atoms with Gasteiger partial charge in [0.15, 0.2) is 5.82 Å².